The Balaban J connectivity index is 1.78. The van der Waals surface area contributed by atoms with Crippen molar-refractivity contribution in [2.45, 2.75) is 39.0 Å². The number of benzene rings is 1. The summed E-state index contributed by atoms with van der Waals surface area (Å²) < 4.78 is 5.95. The standard InChI is InChI=1S/C16H25NO/c1-2-8-15-9-4-5-10-16(15)18-14-13-17-11-6-3-7-12-17/h4-5,9-10H,2-3,6-8,11-14H2,1H3. The maximum absolute atomic E-state index is 5.95. The lowest BCUT2D eigenvalue weighted by Gasteiger charge is -2.26. The highest BCUT2D eigenvalue weighted by atomic mass is 16.5. The van der Waals surface area contributed by atoms with E-state index in [-0.39, 0.29) is 0 Å². The quantitative estimate of drug-likeness (QED) is 0.763. The fraction of sp³-hybridized carbons (Fsp3) is 0.625. The second-order valence-electron chi connectivity index (χ2n) is 5.11. The second kappa shape index (κ2) is 7.42. The van der Waals surface area contributed by atoms with Gasteiger partial charge in [0.1, 0.15) is 12.4 Å². The molecule has 2 heteroatoms. The number of nitrogens with zero attached hydrogens (tertiary/aromatic N) is 1. The molecule has 1 saturated heterocycles. The van der Waals surface area contributed by atoms with Gasteiger partial charge in [-0.3, -0.25) is 4.90 Å². The molecule has 0 spiro atoms. The Morgan fingerprint density at radius 1 is 1.11 bits per heavy atom. The normalized spacial score (nSPS) is 16.7. The van der Waals surface area contributed by atoms with E-state index in [9.17, 15) is 0 Å². The van der Waals surface area contributed by atoms with E-state index in [1.807, 2.05) is 0 Å². The summed E-state index contributed by atoms with van der Waals surface area (Å²) in [5.41, 5.74) is 1.35. The molecule has 18 heavy (non-hydrogen) atoms. The van der Waals surface area contributed by atoms with Crippen LogP contribution in [0.4, 0.5) is 0 Å². The van der Waals surface area contributed by atoms with Crippen LogP contribution < -0.4 is 4.74 Å². The average molecular weight is 247 g/mol. The summed E-state index contributed by atoms with van der Waals surface area (Å²) in [5, 5.41) is 0. The predicted octanol–water partition coefficient (Wildman–Crippen LogP) is 3.50. The van der Waals surface area contributed by atoms with Crippen LogP contribution in [0.15, 0.2) is 24.3 Å². The van der Waals surface area contributed by atoms with E-state index in [1.54, 1.807) is 0 Å². The maximum Gasteiger partial charge on any atom is 0.122 e. The Kier molecular flexibility index (Phi) is 5.53. The first-order valence-corrected chi connectivity index (χ1v) is 7.33. The van der Waals surface area contributed by atoms with Gasteiger partial charge in [-0.05, 0) is 44.0 Å². The Morgan fingerprint density at radius 2 is 1.89 bits per heavy atom. The highest BCUT2D eigenvalue weighted by molar-refractivity contribution is 5.33. The number of hydrogen-bond donors (Lipinski definition) is 0. The van der Waals surface area contributed by atoms with Gasteiger partial charge in [0.2, 0.25) is 0 Å². The van der Waals surface area contributed by atoms with Crippen LogP contribution in [-0.4, -0.2) is 31.1 Å². The summed E-state index contributed by atoms with van der Waals surface area (Å²) in [6.45, 7) is 6.60. The molecule has 0 amide bonds. The fourth-order valence-corrected chi connectivity index (χ4v) is 2.59. The van der Waals surface area contributed by atoms with Crippen LogP contribution in [0.1, 0.15) is 38.2 Å². The maximum atomic E-state index is 5.95. The molecule has 1 aromatic rings. The van der Waals surface area contributed by atoms with Crippen LogP contribution in [0.2, 0.25) is 0 Å². The summed E-state index contributed by atoms with van der Waals surface area (Å²) in [4.78, 5) is 2.52. The largest absolute Gasteiger partial charge is 0.492 e. The lowest BCUT2D eigenvalue weighted by Crippen LogP contribution is -2.33. The number of piperidine rings is 1. The number of rotatable bonds is 6. The zero-order chi connectivity index (χ0) is 12.6. The Hall–Kier alpha value is -1.02. The highest BCUT2D eigenvalue weighted by Gasteiger charge is 2.10. The lowest BCUT2D eigenvalue weighted by molar-refractivity contribution is 0.182. The molecule has 1 aliphatic rings. The minimum Gasteiger partial charge on any atom is -0.492 e. The molecule has 0 radical (unpaired) electrons. The summed E-state index contributed by atoms with van der Waals surface area (Å²) in [7, 11) is 0. The van der Waals surface area contributed by atoms with Crippen molar-refractivity contribution < 1.29 is 4.74 Å². The van der Waals surface area contributed by atoms with Crippen LogP contribution in [0.25, 0.3) is 0 Å². The number of hydrogen-bond acceptors (Lipinski definition) is 2. The molecule has 100 valence electrons. The predicted molar refractivity (Wildman–Crippen MR) is 76.2 cm³/mol. The van der Waals surface area contributed by atoms with Gasteiger partial charge >= 0.3 is 0 Å². The Morgan fingerprint density at radius 3 is 2.67 bits per heavy atom. The molecule has 0 saturated carbocycles. The van der Waals surface area contributed by atoms with Gasteiger partial charge in [-0.25, -0.2) is 0 Å². The third-order valence-corrected chi connectivity index (χ3v) is 3.61. The van der Waals surface area contributed by atoms with Gasteiger partial charge in [-0.15, -0.1) is 0 Å². The van der Waals surface area contributed by atoms with E-state index in [0.29, 0.717) is 0 Å². The van der Waals surface area contributed by atoms with E-state index in [2.05, 4.69) is 36.1 Å². The second-order valence-corrected chi connectivity index (χ2v) is 5.11. The van der Waals surface area contributed by atoms with Crippen molar-refractivity contribution in [1.29, 1.82) is 0 Å². The van der Waals surface area contributed by atoms with Crippen molar-refractivity contribution in [1.82, 2.24) is 4.90 Å². The van der Waals surface area contributed by atoms with Crippen LogP contribution in [0, 0.1) is 0 Å². The third-order valence-electron chi connectivity index (χ3n) is 3.61. The molecule has 0 N–H and O–H groups in total. The van der Waals surface area contributed by atoms with E-state index in [0.717, 1.165) is 25.3 Å². The lowest BCUT2D eigenvalue weighted by atomic mass is 10.1. The van der Waals surface area contributed by atoms with Crippen molar-refractivity contribution in [2.75, 3.05) is 26.2 Å². The number of ether oxygens (including phenoxy) is 1. The summed E-state index contributed by atoms with van der Waals surface area (Å²) >= 11 is 0. The molecule has 0 aliphatic carbocycles. The fourth-order valence-electron chi connectivity index (χ4n) is 2.59. The SMILES string of the molecule is CCCc1ccccc1OCCN1CCCCC1. The molecule has 1 aliphatic heterocycles. The summed E-state index contributed by atoms with van der Waals surface area (Å²) in [5.74, 6) is 1.08. The average Bonchev–Trinajstić information content (AvgIpc) is 2.42. The van der Waals surface area contributed by atoms with E-state index >= 15 is 0 Å². The van der Waals surface area contributed by atoms with Crippen molar-refractivity contribution in [3.05, 3.63) is 29.8 Å². The van der Waals surface area contributed by atoms with Gasteiger partial charge in [0.15, 0.2) is 0 Å². The van der Waals surface area contributed by atoms with Crippen LogP contribution in [0.5, 0.6) is 5.75 Å². The summed E-state index contributed by atoms with van der Waals surface area (Å²) in [6, 6.07) is 8.44. The molecular weight excluding hydrogens is 222 g/mol. The number of para-hydroxylation sites is 1. The third kappa shape index (κ3) is 4.02. The first-order valence-electron chi connectivity index (χ1n) is 7.33. The van der Waals surface area contributed by atoms with Gasteiger partial charge in [0, 0.05) is 6.54 Å². The minimum absolute atomic E-state index is 0.820. The van der Waals surface area contributed by atoms with Gasteiger partial charge in [0.25, 0.3) is 0 Å². The van der Waals surface area contributed by atoms with Crippen molar-refractivity contribution in [3.63, 3.8) is 0 Å². The van der Waals surface area contributed by atoms with Crippen molar-refractivity contribution in [2.24, 2.45) is 0 Å². The first-order chi connectivity index (χ1) is 8.90. The van der Waals surface area contributed by atoms with E-state index < -0.39 is 0 Å². The van der Waals surface area contributed by atoms with E-state index in [1.165, 1.54) is 44.3 Å². The van der Waals surface area contributed by atoms with Gasteiger partial charge in [-0.1, -0.05) is 38.0 Å². The molecule has 1 heterocycles. The molecule has 0 aromatic heterocycles. The zero-order valence-corrected chi connectivity index (χ0v) is 11.5. The highest BCUT2D eigenvalue weighted by Crippen LogP contribution is 2.19. The first kappa shape index (κ1) is 13.4. The molecule has 1 fully saturated rings. The van der Waals surface area contributed by atoms with Gasteiger partial charge in [0.05, 0.1) is 0 Å². The van der Waals surface area contributed by atoms with Crippen LogP contribution >= 0.6 is 0 Å². The van der Waals surface area contributed by atoms with Crippen LogP contribution in [-0.2, 0) is 6.42 Å². The number of aryl methyl sites for hydroxylation is 1. The molecule has 0 bridgehead atoms. The molecular formula is C16H25NO. The molecule has 0 atom stereocenters. The Bertz CT molecular complexity index is 345. The van der Waals surface area contributed by atoms with Gasteiger partial charge < -0.3 is 4.74 Å². The van der Waals surface area contributed by atoms with Crippen molar-refractivity contribution >= 4 is 0 Å². The number of likely N-dealkylation sites (tertiary alicyclic amines) is 1. The van der Waals surface area contributed by atoms with Gasteiger partial charge in [-0.2, -0.15) is 0 Å². The molecule has 2 nitrogen and oxygen atoms in total. The summed E-state index contributed by atoms with van der Waals surface area (Å²) in [6.07, 6.45) is 6.39. The minimum atomic E-state index is 0.820. The monoisotopic (exact) mass is 247 g/mol. The molecule has 0 unspecified atom stereocenters. The smallest absolute Gasteiger partial charge is 0.122 e. The van der Waals surface area contributed by atoms with Crippen molar-refractivity contribution in [3.8, 4) is 5.75 Å². The Labute approximate surface area is 111 Å². The molecule has 2 rings (SSSR count). The zero-order valence-electron chi connectivity index (χ0n) is 11.5. The van der Waals surface area contributed by atoms with Crippen LogP contribution in [0.3, 0.4) is 0 Å². The topological polar surface area (TPSA) is 12.5 Å². The molecule has 1 aromatic carbocycles. The van der Waals surface area contributed by atoms with E-state index in [4.69, 9.17) is 4.74 Å².